The summed E-state index contributed by atoms with van der Waals surface area (Å²) in [5, 5.41) is 3.12. The monoisotopic (exact) mass is 233 g/mol. The van der Waals surface area contributed by atoms with Crippen molar-refractivity contribution in [3.05, 3.63) is 41.5 Å². The van der Waals surface area contributed by atoms with E-state index >= 15 is 0 Å². The third kappa shape index (κ3) is 3.66. The highest BCUT2D eigenvalue weighted by molar-refractivity contribution is 5.50. The zero-order valence-corrected chi connectivity index (χ0v) is 10.2. The maximum Gasteiger partial charge on any atom is 0.184 e. The molecular formula is C14H19NO2. The average molecular weight is 233 g/mol. The van der Waals surface area contributed by atoms with E-state index in [1.807, 2.05) is 19.2 Å². The number of ether oxygens (including phenoxy) is 2. The standard InChI is InChI=1S/C14H19NO2/c1-15-8-3-2-5-12-6-4-7-13(11-12)14-16-9-10-17-14/h2,4-7,11,14-15H,3,8-10H2,1H3. The van der Waals surface area contributed by atoms with E-state index in [9.17, 15) is 0 Å². The fourth-order valence-electron chi connectivity index (χ4n) is 1.81. The van der Waals surface area contributed by atoms with Gasteiger partial charge in [0, 0.05) is 5.56 Å². The molecule has 0 amide bonds. The lowest BCUT2D eigenvalue weighted by atomic mass is 10.1. The molecule has 1 aromatic carbocycles. The van der Waals surface area contributed by atoms with Crippen LogP contribution in [0.5, 0.6) is 0 Å². The summed E-state index contributed by atoms with van der Waals surface area (Å²) in [5.41, 5.74) is 2.29. The molecule has 17 heavy (non-hydrogen) atoms. The molecule has 1 aliphatic heterocycles. The van der Waals surface area contributed by atoms with E-state index in [1.165, 1.54) is 5.56 Å². The van der Waals surface area contributed by atoms with Crippen LogP contribution in [0.3, 0.4) is 0 Å². The van der Waals surface area contributed by atoms with Crippen LogP contribution >= 0.6 is 0 Å². The van der Waals surface area contributed by atoms with Crippen molar-refractivity contribution < 1.29 is 9.47 Å². The van der Waals surface area contributed by atoms with Crippen molar-refractivity contribution in [2.24, 2.45) is 0 Å². The smallest absolute Gasteiger partial charge is 0.184 e. The van der Waals surface area contributed by atoms with Gasteiger partial charge in [-0.3, -0.25) is 0 Å². The molecule has 92 valence electrons. The van der Waals surface area contributed by atoms with E-state index in [1.54, 1.807) is 0 Å². The highest BCUT2D eigenvalue weighted by Crippen LogP contribution is 2.24. The van der Waals surface area contributed by atoms with E-state index in [0.717, 1.165) is 18.5 Å². The Labute approximate surface area is 102 Å². The van der Waals surface area contributed by atoms with Gasteiger partial charge in [-0.25, -0.2) is 0 Å². The minimum Gasteiger partial charge on any atom is -0.346 e. The second-order valence-corrected chi connectivity index (χ2v) is 4.04. The Hall–Kier alpha value is -1.16. The van der Waals surface area contributed by atoms with Crippen LogP contribution in [0.1, 0.15) is 23.8 Å². The predicted molar refractivity (Wildman–Crippen MR) is 68.7 cm³/mol. The van der Waals surface area contributed by atoms with Crippen molar-refractivity contribution >= 4 is 6.08 Å². The Morgan fingerprint density at radius 1 is 1.35 bits per heavy atom. The topological polar surface area (TPSA) is 30.5 Å². The maximum absolute atomic E-state index is 5.48. The first-order valence-corrected chi connectivity index (χ1v) is 6.04. The Balaban J connectivity index is 1.98. The van der Waals surface area contributed by atoms with Crippen LogP contribution in [0.25, 0.3) is 6.08 Å². The summed E-state index contributed by atoms with van der Waals surface area (Å²) < 4.78 is 11.0. The molecule has 1 fully saturated rings. The minimum atomic E-state index is -0.180. The van der Waals surface area contributed by atoms with Gasteiger partial charge < -0.3 is 14.8 Å². The normalized spacial score (nSPS) is 17.0. The Kier molecular flexibility index (Phi) is 4.74. The Morgan fingerprint density at radius 3 is 2.94 bits per heavy atom. The van der Waals surface area contributed by atoms with Crippen LogP contribution < -0.4 is 5.32 Å². The summed E-state index contributed by atoms with van der Waals surface area (Å²) in [6, 6.07) is 8.29. The largest absolute Gasteiger partial charge is 0.346 e. The van der Waals surface area contributed by atoms with E-state index in [-0.39, 0.29) is 6.29 Å². The summed E-state index contributed by atoms with van der Waals surface area (Å²) in [4.78, 5) is 0. The lowest BCUT2D eigenvalue weighted by molar-refractivity contribution is -0.0441. The average Bonchev–Trinajstić information content (AvgIpc) is 2.89. The van der Waals surface area contributed by atoms with Gasteiger partial charge in [-0.2, -0.15) is 0 Å². The zero-order chi connectivity index (χ0) is 11.9. The van der Waals surface area contributed by atoms with Crippen molar-refractivity contribution in [1.29, 1.82) is 0 Å². The van der Waals surface area contributed by atoms with Crippen molar-refractivity contribution in [2.75, 3.05) is 26.8 Å². The predicted octanol–water partition coefficient (Wildman–Crippen LogP) is 2.35. The van der Waals surface area contributed by atoms with Crippen LogP contribution in [0.2, 0.25) is 0 Å². The molecule has 0 saturated carbocycles. The van der Waals surface area contributed by atoms with Crippen LogP contribution in [0.4, 0.5) is 0 Å². The fraction of sp³-hybridized carbons (Fsp3) is 0.429. The quantitative estimate of drug-likeness (QED) is 0.792. The summed E-state index contributed by atoms with van der Waals surface area (Å²) >= 11 is 0. The molecule has 0 spiro atoms. The summed E-state index contributed by atoms with van der Waals surface area (Å²) in [7, 11) is 1.96. The van der Waals surface area contributed by atoms with Crippen molar-refractivity contribution in [1.82, 2.24) is 5.32 Å². The molecule has 0 bridgehead atoms. The molecule has 3 heteroatoms. The molecule has 1 aliphatic rings. The molecule has 1 saturated heterocycles. The van der Waals surface area contributed by atoms with E-state index in [2.05, 4.69) is 29.6 Å². The molecule has 0 aliphatic carbocycles. The number of hydrogen-bond donors (Lipinski definition) is 1. The van der Waals surface area contributed by atoms with Gasteiger partial charge in [0.1, 0.15) is 0 Å². The molecular weight excluding hydrogens is 214 g/mol. The highest BCUT2D eigenvalue weighted by Gasteiger charge is 2.17. The Bertz CT molecular complexity index is 370. The van der Waals surface area contributed by atoms with Crippen molar-refractivity contribution in [3.8, 4) is 0 Å². The second kappa shape index (κ2) is 6.55. The van der Waals surface area contributed by atoms with Gasteiger partial charge in [0.05, 0.1) is 13.2 Å². The first kappa shape index (κ1) is 12.3. The molecule has 0 atom stereocenters. The van der Waals surface area contributed by atoms with Crippen LogP contribution in [0.15, 0.2) is 30.3 Å². The molecule has 1 aromatic rings. The molecule has 0 radical (unpaired) electrons. The highest BCUT2D eigenvalue weighted by atomic mass is 16.7. The first-order chi connectivity index (χ1) is 8.40. The van der Waals surface area contributed by atoms with Crippen molar-refractivity contribution in [3.63, 3.8) is 0 Å². The number of rotatable bonds is 5. The second-order valence-electron chi connectivity index (χ2n) is 4.04. The lowest BCUT2D eigenvalue weighted by Crippen LogP contribution is -2.05. The number of nitrogens with one attached hydrogen (secondary N) is 1. The third-order valence-electron chi connectivity index (χ3n) is 2.68. The van der Waals surface area contributed by atoms with E-state index in [0.29, 0.717) is 13.2 Å². The number of benzene rings is 1. The summed E-state index contributed by atoms with van der Waals surface area (Å²) in [6.07, 6.45) is 5.17. The molecule has 0 aromatic heterocycles. The maximum atomic E-state index is 5.48. The van der Waals surface area contributed by atoms with Gasteiger partial charge in [0.2, 0.25) is 0 Å². The third-order valence-corrected chi connectivity index (χ3v) is 2.68. The van der Waals surface area contributed by atoms with E-state index < -0.39 is 0 Å². The first-order valence-electron chi connectivity index (χ1n) is 6.04. The SMILES string of the molecule is CNCCC=Cc1cccc(C2OCCO2)c1. The van der Waals surface area contributed by atoms with Gasteiger partial charge in [-0.15, -0.1) is 0 Å². The number of hydrogen-bond acceptors (Lipinski definition) is 3. The molecule has 1 heterocycles. The van der Waals surface area contributed by atoms with Gasteiger partial charge in [0.25, 0.3) is 0 Å². The van der Waals surface area contributed by atoms with Crippen LogP contribution in [0, 0.1) is 0 Å². The van der Waals surface area contributed by atoms with Crippen LogP contribution in [-0.4, -0.2) is 26.8 Å². The van der Waals surface area contributed by atoms with Gasteiger partial charge in [-0.1, -0.05) is 30.4 Å². The van der Waals surface area contributed by atoms with Gasteiger partial charge >= 0.3 is 0 Å². The lowest BCUT2D eigenvalue weighted by Gasteiger charge is -2.09. The van der Waals surface area contributed by atoms with Crippen molar-refractivity contribution in [2.45, 2.75) is 12.7 Å². The van der Waals surface area contributed by atoms with Gasteiger partial charge in [0.15, 0.2) is 6.29 Å². The summed E-state index contributed by atoms with van der Waals surface area (Å²) in [6.45, 7) is 2.38. The van der Waals surface area contributed by atoms with Gasteiger partial charge in [-0.05, 0) is 31.6 Å². The molecule has 0 unspecified atom stereocenters. The van der Waals surface area contributed by atoms with E-state index in [4.69, 9.17) is 9.47 Å². The molecule has 3 nitrogen and oxygen atoms in total. The minimum absolute atomic E-state index is 0.180. The Morgan fingerprint density at radius 2 is 2.18 bits per heavy atom. The fourth-order valence-corrected chi connectivity index (χ4v) is 1.81. The summed E-state index contributed by atoms with van der Waals surface area (Å²) in [5.74, 6) is 0. The molecule has 1 N–H and O–H groups in total. The van der Waals surface area contributed by atoms with Crippen LogP contribution in [-0.2, 0) is 9.47 Å². The molecule has 2 rings (SSSR count). The zero-order valence-electron chi connectivity index (χ0n) is 10.2.